The van der Waals surface area contributed by atoms with E-state index in [2.05, 4.69) is 0 Å². The Labute approximate surface area is 73.0 Å². The molecule has 0 atom stereocenters. The molecule has 0 aromatic carbocycles. The van der Waals surface area contributed by atoms with E-state index in [1.807, 2.05) is 31.3 Å². The van der Waals surface area contributed by atoms with Gasteiger partial charge in [-0.05, 0) is 19.5 Å². The van der Waals surface area contributed by atoms with Gasteiger partial charge < -0.3 is 10.0 Å². The molecule has 3 nitrogen and oxygen atoms in total. The minimum Gasteiger partial charge on any atom is -0.478 e. The third kappa shape index (κ3) is 5.53. The average Bonchev–Trinajstić information content (AvgIpc) is 1.97. The van der Waals surface area contributed by atoms with E-state index in [4.69, 9.17) is 5.11 Å². The van der Waals surface area contributed by atoms with Crippen molar-refractivity contribution in [1.82, 2.24) is 4.90 Å². The Morgan fingerprint density at radius 3 is 2.50 bits per heavy atom. The van der Waals surface area contributed by atoms with Gasteiger partial charge in [0.05, 0.1) is 0 Å². The summed E-state index contributed by atoms with van der Waals surface area (Å²) in [7, 11) is 3.84. The molecule has 0 aliphatic carbocycles. The first-order valence-electron chi connectivity index (χ1n) is 3.77. The summed E-state index contributed by atoms with van der Waals surface area (Å²) < 4.78 is 0. The van der Waals surface area contributed by atoms with Gasteiger partial charge in [0.2, 0.25) is 0 Å². The van der Waals surface area contributed by atoms with Crippen LogP contribution in [0.3, 0.4) is 0 Å². The molecule has 0 unspecified atom stereocenters. The van der Waals surface area contributed by atoms with Crippen molar-refractivity contribution in [1.29, 1.82) is 0 Å². The van der Waals surface area contributed by atoms with Gasteiger partial charge in [-0.15, -0.1) is 0 Å². The third-order valence-corrected chi connectivity index (χ3v) is 1.30. The smallest absolute Gasteiger partial charge is 0.330 e. The normalized spacial score (nSPS) is 12.1. The van der Waals surface area contributed by atoms with Gasteiger partial charge in [-0.2, -0.15) is 0 Å². The molecule has 0 fully saturated rings. The number of carbonyl (C=O) groups is 1. The Morgan fingerprint density at radius 2 is 2.08 bits per heavy atom. The topological polar surface area (TPSA) is 40.5 Å². The van der Waals surface area contributed by atoms with E-state index in [0.29, 0.717) is 12.0 Å². The lowest BCUT2D eigenvalue weighted by Gasteiger charge is -2.01. The molecule has 0 spiro atoms. The Bertz CT molecular complexity index is 205. The fourth-order valence-electron chi connectivity index (χ4n) is 0.604. The number of hydrogen-bond donors (Lipinski definition) is 1. The van der Waals surface area contributed by atoms with Gasteiger partial charge in [-0.1, -0.05) is 12.2 Å². The van der Waals surface area contributed by atoms with E-state index in [9.17, 15) is 4.79 Å². The average molecular weight is 169 g/mol. The molecule has 0 aromatic heterocycles. The molecule has 3 heteroatoms. The lowest BCUT2D eigenvalue weighted by molar-refractivity contribution is -0.132. The van der Waals surface area contributed by atoms with Crippen molar-refractivity contribution in [3.05, 3.63) is 23.9 Å². The van der Waals surface area contributed by atoms with Crippen LogP contribution in [-0.4, -0.2) is 30.1 Å². The van der Waals surface area contributed by atoms with Crippen LogP contribution in [0.4, 0.5) is 0 Å². The van der Waals surface area contributed by atoms with Gasteiger partial charge in [0, 0.05) is 19.7 Å². The third-order valence-electron chi connectivity index (χ3n) is 1.30. The standard InChI is InChI=1S/C9H15NO2/c1-8(9(11)12)6-4-5-7-10(2)3/h5-7H,4H2,1-3H3,(H,11,12). The maximum Gasteiger partial charge on any atom is 0.330 e. The molecule has 12 heavy (non-hydrogen) atoms. The summed E-state index contributed by atoms with van der Waals surface area (Å²) in [5, 5.41) is 8.49. The maximum atomic E-state index is 10.3. The Morgan fingerprint density at radius 1 is 1.50 bits per heavy atom. The summed E-state index contributed by atoms with van der Waals surface area (Å²) in [5.74, 6) is -0.853. The van der Waals surface area contributed by atoms with E-state index in [0.717, 1.165) is 0 Å². The minimum atomic E-state index is -0.853. The highest BCUT2D eigenvalue weighted by Crippen LogP contribution is 1.96. The van der Waals surface area contributed by atoms with Crippen molar-refractivity contribution in [2.75, 3.05) is 14.1 Å². The maximum absolute atomic E-state index is 10.3. The summed E-state index contributed by atoms with van der Waals surface area (Å²) in [5.41, 5.74) is 0.387. The quantitative estimate of drug-likeness (QED) is 0.648. The van der Waals surface area contributed by atoms with Crippen LogP contribution in [0.5, 0.6) is 0 Å². The first-order chi connectivity index (χ1) is 5.54. The number of carboxylic acids is 1. The van der Waals surface area contributed by atoms with Crippen LogP contribution in [0.1, 0.15) is 13.3 Å². The van der Waals surface area contributed by atoms with Gasteiger partial charge in [0.15, 0.2) is 0 Å². The summed E-state index contributed by atoms with van der Waals surface area (Å²) in [4.78, 5) is 12.2. The molecular formula is C9H15NO2. The Hall–Kier alpha value is -1.25. The molecule has 0 amide bonds. The molecule has 0 rings (SSSR count). The lowest BCUT2D eigenvalue weighted by Crippen LogP contribution is -1.99. The second-order valence-corrected chi connectivity index (χ2v) is 2.78. The number of rotatable bonds is 4. The molecule has 0 heterocycles. The molecule has 1 N–H and O–H groups in total. The van der Waals surface area contributed by atoms with Crippen LogP contribution in [0.2, 0.25) is 0 Å². The van der Waals surface area contributed by atoms with E-state index < -0.39 is 5.97 Å². The first-order valence-corrected chi connectivity index (χ1v) is 3.77. The fraction of sp³-hybridized carbons (Fsp3) is 0.444. The monoisotopic (exact) mass is 169 g/mol. The lowest BCUT2D eigenvalue weighted by atomic mass is 10.2. The highest BCUT2D eigenvalue weighted by molar-refractivity contribution is 5.85. The van der Waals surface area contributed by atoms with Crippen molar-refractivity contribution in [2.24, 2.45) is 0 Å². The molecule has 0 aromatic rings. The predicted octanol–water partition coefficient (Wildman–Crippen LogP) is 1.48. The molecular weight excluding hydrogens is 154 g/mol. The molecule has 0 saturated carbocycles. The summed E-state index contributed by atoms with van der Waals surface area (Å²) in [6, 6.07) is 0. The zero-order valence-corrected chi connectivity index (χ0v) is 7.74. The Balaban J connectivity index is 3.82. The Kier molecular flexibility index (Phi) is 4.84. The van der Waals surface area contributed by atoms with E-state index in [1.165, 1.54) is 0 Å². The van der Waals surface area contributed by atoms with Gasteiger partial charge in [-0.3, -0.25) is 0 Å². The number of aliphatic carboxylic acids is 1. The largest absolute Gasteiger partial charge is 0.478 e. The highest BCUT2D eigenvalue weighted by Gasteiger charge is 1.95. The molecule has 0 aliphatic rings. The summed E-state index contributed by atoms with van der Waals surface area (Å²) in [6.07, 6.45) is 6.15. The van der Waals surface area contributed by atoms with Crippen LogP contribution in [0.25, 0.3) is 0 Å². The molecule has 0 bridgehead atoms. The number of carboxylic acid groups (broad SMARTS) is 1. The number of hydrogen-bond acceptors (Lipinski definition) is 2. The van der Waals surface area contributed by atoms with Crippen LogP contribution >= 0.6 is 0 Å². The van der Waals surface area contributed by atoms with Crippen molar-refractivity contribution in [2.45, 2.75) is 13.3 Å². The van der Waals surface area contributed by atoms with Crippen molar-refractivity contribution < 1.29 is 9.90 Å². The minimum absolute atomic E-state index is 0.387. The summed E-state index contributed by atoms with van der Waals surface area (Å²) in [6.45, 7) is 1.59. The van der Waals surface area contributed by atoms with Crippen LogP contribution in [0.15, 0.2) is 23.9 Å². The molecule has 68 valence electrons. The molecule has 0 aliphatic heterocycles. The fourth-order valence-corrected chi connectivity index (χ4v) is 0.604. The molecule has 0 radical (unpaired) electrons. The van der Waals surface area contributed by atoms with E-state index in [-0.39, 0.29) is 0 Å². The van der Waals surface area contributed by atoms with E-state index >= 15 is 0 Å². The zero-order chi connectivity index (χ0) is 9.56. The van der Waals surface area contributed by atoms with Gasteiger partial charge >= 0.3 is 5.97 Å². The van der Waals surface area contributed by atoms with Crippen molar-refractivity contribution in [3.63, 3.8) is 0 Å². The van der Waals surface area contributed by atoms with Gasteiger partial charge in [0.1, 0.15) is 0 Å². The first kappa shape index (κ1) is 10.8. The summed E-state index contributed by atoms with van der Waals surface area (Å²) >= 11 is 0. The SMILES string of the molecule is CC(=CCC=CN(C)C)C(=O)O. The zero-order valence-electron chi connectivity index (χ0n) is 7.74. The van der Waals surface area contributed by atoms with Crippen molar-refractivity contribution >= 4 is 5.97 Å². The second kappa shape index (κ2) is 5.41. The molecule has 0 saturated heterocycles. The second-order valence-electron chi connectivity index (χ2n) is 2.78. The number of nitrogens with zero attached hydrogens (tertiary/aromatic N) is 1. The van der Waals surface area contributed by atoms with Crippen LogP contribution in [-0.2, 0) is 4.79 Å². The highest BCUT2D eigenvalue weighted by atomic mass is 16.4. The number of allylic oxidation sites excluding steroid dienone is 2. The van der Waals surface area contributed by atoms with Gasteiger partial charge in [0.25, 0.3) is 0 Å². The van der Waals surface area contributed by atoms with Gasteiger partial charge in [-0.25, -0.2) is 4.79 Å². The van der Waals surface area contributed by atoms with E-state index in [1.54, 1.807) is 13.0 Å². The van der Waals surface area contributed by atoms with Crippen LogP contribution in [0, 0.1) is 0 Å². The van der Waals surface area contributed by atoms with Crippen LogP contribution < -0.4 is 0 Å². The predicted molar refractivity (Wildman–Crippen MR) is 48.8 cm³/mol. The van der Waals surface area contributed by atoms with Crippen molar-refractivity contribution in [3.8, 4) is 0 Å².